The summed E-state index contributed by atoms with van der Waals surface area (Å²) in [6, 6.07) is 0. The van der Waals surface area contributed by atoms with Gasteiger partial charge in [-0.15, -0.1) is 0 Å². The number of hydrogen-bond acceptors (Lipinski definition) is 3. The van der Waals surface area contributed by atoms with E-state index in [4.69, 9.17) is 4.74 Å². The molecule has 2 amide bonds. The first-order valence-corrected chi connectivity index (χ1v) is 6.24. The number of ether oxygens (including phenoxy) is 1. The van der Waals surface area contributed by atoms with Gasteiger partial charge in [0.05, 0.1) is 0 Å². The van der Waals surface area contributed by atoms with E-state index in [2.05, 4.69) is 13.8 Å². The van der Waals surface area contributed by atoms with E-state index in [0.717, 1.165) is 6.42 Å². The van der Waals surface area contributed by atoms with E-state index >= 15 is 0 Å². The maximum atomic E-state index is 11.9. The lowest BCUT2D eigenvalue weighted by molar-refractivity contribution is -0.134. The second kappa shape index (κ2) is 5.07. The van der Waals surface area contributed by atoms with Crippen molar-refractivity contribution >= 4 is 12.0 Å². The fourth-order valence-corrected chi connectivity index (χ4v) is 1.91. The average molecular weight is 241 g/mol. The van der Waals surface area contributed by atoms with Crippen LogP contribution < -0.4 is 0 Å². The number of carbonyl (C=O) groups is 2. The molecule has 17 heavy (non-hydrogen) atoms. The van der Waals surface area contributed by atoms with Crippen LogP contribution in [-0.4, -0.2) is 29.0 Å². The summed E-state index contributed by atoms with van der Waals surface area (Å²) in [5.74, 6) is 0.754. The molecule has 1 saturated heterocycles. The van der Waals surface area contributed by atoms with Crippen LogP contribution in [0.1, 0.15) is 47.5 Å². The molecular weight excluding hydrogens is 218 g/mol. The quantitative estimate of drug-likeness (QED) is 0.709. The molecule has 1 heterocycles. The lowest BCUT2D eigenvalue weighted by atomic mass is 9.88. The number of likely N-dealkylation sites (tertiary alicyclic amines) is 1. The van der Waals surface area contributed by atoms with Gasteiger partial charge in [0, 0.05) is 13.0 Å². The van der Waals surface area contributed by atoms with Crippen LogP contribution in [-0.2, 0) is 9.53 Å². The highest BCUT2D eigenvalue weighted by molar-refractivity contribution is 5.92. The van der Waals surface area contributed by atoms with Crippen LogP contribution in [0.25, 0.3) is 0 Å². The topological polar surface area (TPSA) is 46.6 Å². The van der Waals surface area contributed by atoms with Gasteiger partial charge in [0.25, 0.3) is 0 Å². The highest BCUT2D eigenvalue weighted by atomic mass is 16.6. The van der Waals surface area contributed by atoms with Gasteiger partial charge in [-0.1, -0.05) is 13.8 Å². The van der Waals surface area contributed by atoms with Crippen LogP contribution in [0.4, 0.5) is 4.79 Å². The maximum absolute atomic E-state index is 11.9. The lowest BCUT2D eigenvalue weighted by Gasteiger charge is -2.34. The molecule has 98 valence electrons. The Morgan fingerprint density at radius 3 is 2.47 bits per heavy atom. The van der Waals surface area contributed by atoms with Crippen molar-refractivity contribution in [3.8, 4) is 0 Å². The monoisotopic (exact) mass is 241 g/mol. The second-order valence-corrected chi connectivity index (χ2v) is 6.03. The van der Waals surface area contributed by atoms with Crippen LogP contribution in [0.5, 0.6) is 0 Å². The zero-order valence-electron chi connectivity index (χ0n) is 11.4. The Morgan fingerprint density at radius 1 is 1.41 bits per heavy atom. The van der Waals surface area contributed by atoms with Crippen LogP contribution in [0.2, 0.25) is 0 Å². The Kier molecular flexibility index (Phi) is 4.17. The number of amides is 2. The molecule has 0 bridgehead atoms. The van der Waals surface area contributed by atoms with Gasteiger partial charge in [-0.05, 0) is 39.0 Å². The minimum Gasteiger partial charge on any atom is -0.443 e. The van der Waals surface area contributed by atoms with Gasteiger partial charge in [0.1, 0.15) is 5.60 Å². The molecule has 0 spiro atoms. The van der Waals surface area contributed by atoms with Crippen molar-refractivity contribution in [1.82, 2.24) is 4.90 Å². The summed E-state index contributed by atoms with van der Waals surface area (Å²) in [4.78, 5) is 24.9. The molecule has 1 unspecified atom stereocenters. The third kappa shape index (κ3) is 4.02. The predicted octanol–water partition coefficient (Wildman–Crippen LogP) is 2.82. The van der Waals surface area contributed by atoms with Gasteiger partial charge < -0.3 is 4.74 Å². The van der Waals surface area contributed by atoms with Crippen molar-refractivity contribution < 1.29 is 14.3 Å². The van der Waals surface area contributed by atoms with Crippen molar-refractivity contribution in [2.75, 3.05) is 6.54 Å². The molecule has 0 aliphatic carbocycles. The van der Waals surface area contributed by atoms with Gasteiger partial charge in [-0.3, -0.25) is 4.79 Å². The molecule has 0 N–H and O–H groups in total. The number of piperidine rings is 1. The lowest BCUT2D eigenvalue weighted by Crippen LogP contribution is -2.47. The Morgan fingerprint density at radius 2 is 2.00 bits per heavy atom. The zero-order valence-corrected chi connectivity index (χ0v) is 11.4. The van der Waals surface area contributed by atoms with Gasteiger partial charge in [-0.25, -0.2) is 9.69 Å². The smallest absolute Gasteiger partial charge is 0.417 e. The average Bonchev–Trinajstić information content (AvgIpc) is 2.14. The van der Waals surface area contributed by atoms with E-state index in [1.165, 1.54) is 4.90 Å². The van der Waals surface area contributed by atoms with Crippen molar-refractivity contribution in [3.63, 3.8) is 0 Å². The molecule has 0 aromatic rings. The van der Waals surface area contributed by atoms with E-state index in [1.807, 2.05) is 0 Å². The molecule has 1 fully saturated rings. The van der Waals surface area contributed by atoms with E-state index in [9.17, 15) is 9.59 Å². The summed E-state index contributed by atoms with van der Waals surface area (Å²) in [6.45, 7) is 10.1. The van der Waals surface area contributed by atoms with Crippen molar-refractivity contribution in [2.24, 2.45) is 11.8 Å². The molecule has 1 rings (SSSR count). The third-order valence-corrected chi connectivity index (χ3v) is 3.00. The molecule has 0 aromatic carbocycles. The second-order valence-electron chi connectivity index (χ2n) is 6.03. The first-order chi connectivity index (χ1) is 7.70. The number of hydrogen-bond donors (Lipinski definition) is 0. The summed E-state index contributed by atoms with van der Waals surface area (Å²) in [5.41, 5.74) is -0.553. The number of imide groups is 1. The Bertz CT molecular complexity index is 304. The number of nitrogens with zero attached hydrogens (tertiary/aromatic N) is 1. The largest absolute Gasteiger partial charge is 0.443 e. The fourth-order valence-electron chi connectivity index (χ4n) is 1.91. The molecule has 0 saturated carbocycles. The molecule has 4 heteroatoms. The van der Waals surface area contributed by atoms with Gasteiger partial charge in [0.15, 0.2) is 0 Å². The van der Waals surface area contributed by atoms with E-state index in [-0.39, 0.29) is 5.91 Å². The SMILES string of the molecule is CC(C)C1CCC(=O)N(C(=O)OC(C)(C)C)C1. The molecule has 0 radical (unpaired) electrons. The molecule has 0 aromatic heterocycles. The molecule has 1 aliphatic rings. The highest BCUT2D eigenvalue weighted by Gasteiger charge is 2.34. The van der Waals surface area contributed by atoms with Crippen LogP contribution in [0, 0.1) is 11.8 Å². The predicted molar refractivity (Wildman–Crippen MR) is 65.5 cm³/mol. The summed E-state index contributed by atoms with van der Waals surface area (Å²) in [5, 5.41) is 0. The van der Waals surface area contributed by atoms with Crippen molar-refractivity contribution in [1.29, 1.82) is 0 Å². The zero-order chi connectivity index (χ0) is 13.2. The highest BCUT2D eigenvalue weighted by Crippen LogP contribution is 2.25. The minimum atomic E-state index is -0.553. The van der Waals surface area contributed by atoms with Gasteiger partial charge in [0.2, 0.25) is 5.91 Å². The summed E-state index contributed by atoms with van der Waals surface area (Å²) in [7, 11) is 0. The first kappa shape index (κ1) is 14.0. The van der Waals surface area contributed by atoms with Gasteiger partial charge in [-0.2, -0.15) is 0 Å². The van der Waals surface area contributed by atoms with E-state index in [0.29, 0.717) is 24.8 Å². The van der Waals surface area contributed by atoms with Crippen LogP contribution in [0.3, 0.4) is 0 Å². The first-order valence-electron chi connectivity index (χ1n) is 6.24. The van der Waals surface area contributed by atoms with Gasteiger partial charge >= 0.3 is 6.09 Å². The molecule has 1 aliphatic heterocycles. The Hall–Kier alpha value is -1.06. The van der Waals surface area contributed by atoms with E-state index in [1.54, 1.807) is 20.8 Å². The normalized spacial score (nSPS) is 21.9. The van der Waals surface area contributed by atoms with Crippen LogP contribution in [0.15, 0.2) is 0 Å². The summed E-state index contributed by atoms with van der Waals surface area (Å²) < 4.78 is 5.24. The minimum absolute atomic E-state index is 0.115. The fraction of sp³-hybridized carbons (Fsp3) is 0.846. The van der Waals surface area contributed by atoms with Crippen molar-refractivity contribution in [2.45, 2.75) is 53.1 Å². The molecular formula is C13H23NO3. The number of carbonyl (C=O) groups excluding carboxylic acids is 2. The Labute approximate surface area is 103 Å². The molecule has 1 atom stereocenters. The summed E-state index contributed by atoms with van der Waals surface area (Å²) >= 11 is 0. The Balaban J connectivity index is 2.67. The van der Waals surface area contributed by atoms with Crippen LogP contribution >= 0.6 is 0 Å². The number of rotatable bonds is 1. The standard InChI is InChI=1S/C13H23NO3/c1-9(2)10-6-7-11(15)14(8-10)12(16)17-13(3,4)5/h9-10H,6-8H2,1-5H3. The van der Waals surface area contributed by atoms with Crippen molar-refractivity contribution in [3.05, 3.63) is 0 Å². The van der Waals surface area contributed by atoms with E-state index < -0.39 is 11.7 Å². The summed E-state index contributed by atoms with van der Waals surface area (Å²) in [6.07, 6.45) is 0.811. The third-order valence-electron chi connectivity index (χ3n) is 3.00. The maximum Gasteiger partial charge on any atom is 0.417 e. The molecule has 4 nitrogen and oxygen atoms in total.